The molecule has 1 aromatic carbocycles. The van der Waals surface area contributed by atoms with Crippen LogP contribution in [0, 0.1) is 0 Å². The molecule has 0 bridgehead atoms. The third kappa shape index (κ3) is 4.20. The number of aliphatic carboxylic acids is 1. The molecule has 0 aliphatic carbocycles. The summed E-state index contributed by atoms with van der Waals surface area (Å²) >= 11 is 5.78. The molecule has 0 spiro atoms. The van der Waals surface area contributed by atoms with Crippen LogP contribution in [0.15, 0.2) is 52.0 Å². The Morgan fingerprint density at radius 2 is 1.95 bits per heavy atom. The SMILES string of the molecule is [N-]=C=C(/C=C(\Cl)C(=Nc1ccccc1)C(=O)O)C(N)=O. The summed E-state index contributed by atoms with van der Waals surface area (Å²) in [5.41, 5.74) is 4.35. The van der Waals surface area contributed by atoms with E-state index < -0.39 is 23.2 Å². The van der Waals surface area contributed by atoms with Gasteiger partial charge in [0.2, 0.25) is 0 Å². The minimum atomic E-state index is -1.39. The van der Waals surface area contributed by atoms with E-state index in [1.165, 1.54) is 5.87 Å². The molecule has 0 radical (unpaired) electrons. The number of amides is 1. The van der Waals surface area contributed by atoms with E-state index in [0.29, 0.717) is 5.69 Å². The van der Waals surface area contributed by atoms with Crippen molar-refractivity contribution in [3.63, 3.8) is 0 Å². The molecule has 6 nitrogen and oxygen atoms in total. The van der Waals surface area contributed by atoms with E-state index in [1.807, 2.05) is 0 Å². The van der Waals surface area contributed by atoms with E-state index in [2.05, 4.69) is 4.99 Å². The average molecular weight is 291 g/mol. The number of primary amides is 1. The van der Waals surface area contributed by atoms with Crippen LogP contribution < -0.4 is 5.73 Å². The van der Waals surface area contributed by atoms with E-state index >= 15 is 0 Å². The smallest absolute Gasteiger partial charge is 0.356 e. The van der Waals surface area contributed by atoms with Crippen LogP contribution in [0.2, 0.25) is 0 Å². The zero-order valence-electron chi connectivity index (χ0n) is 10.1. The topological polar surface area (TPSA) is 115 Å². The van der Waals surface area contributed by atoms with Crippen molar-refractivity contribution in [2.75, 3.05) is 0 Å². The van der Waals surface area contributed by atoms with Gasteiger partial charge in [0.05, 0.1) is 16.3 Å². The molecule has 1 amide bonds. The second-order valence-electron chi connectivity index (χ2n) is 3.48. The van der Waals surface area contributed by atoms with E-state index in [1.54, 1.807) is 30.3 Å². The van der Waals surface area contributed by atoms with Gasteiger partial charge in [-0.3, -0.25) is 10.7 Å². The monoisotopic (exact) mass is 290 g/mol. The third-order valence-corrected chi connectivity index (χ3v) is 2.37. The van der Waals surface area contributed by atoms with Crippen LogP contribution in [0.5, 0.6) is 0 Å². The molecule has 0 heterocycles. The van der Waals surface area contributed by atoms with Crippen molar-refractivity contribution in [2.24, 2.45) is 10.7 Å². The Morgan fingerprint density at radius 1 is 1.35 bits per heavy atom. The molecule has 0 aliphatic heterocycles. The van der Waals surface area contributed by atoms with Crippen LogP contribution >= 0.6 is 11.6 Å². The van der Waals surface area contributed by atoms with Crippen molar-refractivity contribution in [1.29, 1.82) is 0 Å². The highest BCUT2D eigenvalue weighted by molar-refractivity contribution is 6.58. The number of carboxylic acids is 1. The maximum absolute atomic E-state index is 11.1. The van der Waals surface area contributed by atoms with Gasteiger partial charge in [-0.25, -0.2) is 9.79 Å². The zero-order valence-corrected chi connectivity index (χ0v) is 10.8. The van der Waals surface area contributed by atoms with Crippen LogP contribution in [0.4, 0.5) is 5.69 Å². The molecule has 102 valence electrons. The predicted octanol–water partition coefficient (Wildman–Crippen LogP) is 1.62. The van der Waals surface area contributed by atoms with Crippen molar-refractivity contribution in [3.8, 4) is 0 Å². The number of benzene rings is 1. The van der Waals surface area contributed by atoms with Gasteiger partial charge in [0.15, 0.2) is 5.71 Å². The first-order valence-corrected chi connectivity index (χ1v) is 5.65. The molecule has 0 aromatic heterocycles. The Kier molecular flexibility index (Phi) is 5.41. The Labute approximate surface area is 119 Å². The van der Waals surface area contributed by atoms with Gasteiger partial charge >= 0.3 is 5.97 Å². The number of hydrogen-bond acceptors (Lipinski definition) is 3. The molecule has 3 N–H and O–H groups in total. The molecule has 1 rings (SSSR count). The third-order valence-electron chi connectivity index (χ3n) is 2.08. The summed E-state index contributed by atoms with van der Waals surface area (Å²) in [6.45, 7) is 0. The minimum Gasteiger partial charge on any atom is -0.763 e. The molecule has 0 atom stereocenters. The Hall–Kier alpha value is -2.69. The summed E-state index contributed by atoms with van der Waals surface area (Å²) in [4.78, 5) is 25.9. The second-order valence-corrected chi connectivity index (χ2v) is 3.89. The van der Waals surface area contributed by atoms with Gasteiger partial charge in [-0.2, -0.15) is 0 Å². The van der Waals surface area contributed by atoms with Crippen LogP contribution in [0.25, 0.3) is 5.41 Å². The summed E-state index contributed by atoms with van der Waals surface area (Å²) in [6, 6.07) is 8.25. The number of para-hydroxylation sites is 1. The fourth-order valence-electron chi connectivity index (χ4n) is 1.19. The molecule has 0 saturated carbocycles. The van der Waals surface area contributed by atoms with Crippen LogP contribution in [-0.2, 0) is 9.59 Å². The normalized spacial score (nSPS) is 11.7. The lowest BCUT2D eigenvalue weighted by atomic mass is 10.2. The molecule has 7 heteroatoms. The van der Waals surface area contributed by atoms with Crippen molar-refractivity contribution in [2.45, 2.75) is 0 Å². The number of hydrogen-bond donors (Lipinski definition) is 2. The van der Waals surface area contributed by atoms with Crippen molar-refractivity contribution in [3.05, 3.63) is 52.4 Å². The summed E-state index contributed by atoms with van der Waals surface area (Å²) in [6.07, 6.45) is 0.875. The highest BCUT2D eigenvalue weighted by Crippen LogP contribution is 2.16. The number of nitrogens with two attached hydrogens (primary N) is 1. The average Bonchev–Trinajstić information content (AvgIpc) is 2.42. The number of aliphatic imine (C=N–C) groups is 1. The molecular weight excluding hydrogens is 282 g/mol. The van der Waals surface area contributed by atoms with Crippen molar-refractivity contribution in [1.82, 2.24) is 0 Å². The molecular formula is C13H9ClN3O3-. The lowest BCUT2D eigenvalue weighted by Crippen LogP contribution is -2.16. The first-order chi connectivity index (χ1) is 9.45. The Bertz CT molecular complexity index is 644. The molecule has 1 aromatic rings. The first-order valence-electron chi connectivity index (χ1n) is 5.27. The molecule has 0 saturated heterocycles. The number of carboxylic acid groups (broad SMARTS) is 1. The van der Waals surface area contributed by atoms with Gasteiger partial charge in [-0.05, 0) is 18.2 Å². The number of halogens is 1. The minimum absolute atomic E-state index is 0.364. The Morgan fingerprint density at radius 3 is 2.40 bits per heavy atom. The first kappa shape index (κ1) is 15.4. The highest BCUT2D eigenvalue weighted by atomic mass is 35.5. The summed E-state index contributed by atoms with van der Waals surface area (Å²) in [5.74, 6) is -0.873. The van der Waals surface area contributed by atoms with Gasteiger partial charge in [0, 0.05) is 0 Å². The predicted molar refractivity (Wildman–Crippen MR) is 76.2 cm³/mol. The van der Waals surface area contributed by atoms with E-state index in [0.717, 1.165) is 6.08 Å². The Balaban J connectivity index is 3.25. The van der Waals surface area contributed by atoms with Crippen molar-refractivity contribution >= 4 is 40.7 Å². The van der Waals surface area contributed by atoms with Crippen LogP contribution in [0.1, 0.15) is 0 Å². The van der Waals surface area contributed by atoms with Gasteiger partial charge in [0.25, 0.3) is 5.91 Å². The maximum atomic E-state index is 11.1. The quantitative estimate of drug-likeness (QED) is 0.487. The number of carbonyl (C=O) groups is 2. The van der Waals surface area contributed by atoms with Crippen LogP contribution in [-0.4, -0.2) is 28.6 Å². The molecule has 0 fully saturated rings. The lowest BCUT2D eigenvalue weighted by Gasteiger charge is -2.01. The molecule has 0 unspecified atom stereocenters. The molecule has 0 aliphatic rings. The van der Waals surface area contributed by atoms with E-state index in [9.17, 15) is 9.59 Å². The molecule has 20 heavy (non-hydrogen) atoms. The second kappa shape index (κ2) is 7.04. The fraction of sp³-hybridized carbons (Fsp3) is 0. The number of nitrogens with zero attached hydrogens (tertiary/aromatic N) is 2. The van der Waals surface area contributed by atoms with Crippen molar-refractivity contribution < 1.29 is 14.7 Å². The number of carbonyl (C=O) groups excluding carboxylic acids is 1. The van der Waals surface area contributed by atoms with Gasteiger partial charge in [-0.1, -0.05) is 29.8 Å². The van der Waals surface area contributed by atoms with Gasteiger partial charge < -0.3 is 16.2 Å². The highest BCUT2D eigenvalue weighted by Gasteiger charge is 2.15. The van der Waals surface area contributed by atoms with E-state index in [4.69, 9.17) is 27.9 Å². The largest absolute Gasteiger partial charge is 0.763 e. The van der Waals surface area contributed by atoms with Crippen LogP contribution in [0.3, 0.4) is 0 Å². The van der Waals surface area contributed by atoms with E-state index in [-0.39, 0.29) is 5.03 Å². The standard InChI is InChI=1S/C13H9ClN3O3/c14-10(6-8(7-15)12(16)18)11(13(19)20)17-9-4-2-1-3-5-9/h1-6H,(H2,16,18)(H,19,20)/q-1/b10-6-,17-11?. The van der Waals surface area contributed by atoms with Gasteiger partial charge in [0.1, 0.15) is 0 Å². The summed E-state index contributed by atoms with van der Waals surface area (Å²) in [7, 11) is 0. The number of rotatable bonds is 5. The zero-order chi connectivity index (χ0) is 15.1. The lowest BCUT2D eigenvalue weighted by molar-refractivity contribution is -0.129. The maximum Gasteiger partial charge on any atom is 0.356 e. The summed E-state index contributed by atoms with van der Waals surface area (Å²) < 4.78 is 0. The summed E-state index contributed by atoms with van der Waals surface area (Å²) in [5, 5.41) is 17.4. The van der Waals surface area contributed by atoms with Gasteiger partial charge in [-0.15, -0.1) is 0 Å². The fourth-order valence-corrected chi connectivity index (χ4v) is 1.42.